The molecule has 0 saturated carbocycles. The topological polar surface area (TPSA) is 65.4 Å². The summed E-state index contributed by atoms with van der Waals surface area (Å²) in [7, 11) is 1.65. The van der Waals surface area contributed by atoms with E-state index in [1.54, 1.807) is 13.3 Å². The van der Waals surface area contributed by atoms with Gasteiger partial charge in [-0.3, -0.25) is 9.48 Å². The van der Waals surface area contributed by atoms with Gasteiger partial charge in [-0.1, -0.05) is 0 Å². The Morgan fingerprint density at radius 2 is 2.32 bits per heavy atom. The molecule has 3 heterocycles. The lowest BCUT2D eigenvalue weighted by atomic mass is 10.1. The third kappa shape index (κ3) is 2.97. The number of nitrogens with zero attached hydrogens (tertiary/aromatic N) is 2. The molecule has 6 heteroatoms. The van der Waals surface area contributed by atoms with Crippen molar-refractivity contribution in [2.45, 2.75) is 51.8 Å². The SMILES string of the molecule is COc1cc2c(cc1CNC(=O)c1cnn3c1CCCC3)O[C@H](C)C2. The number of fused-ring (bicyclic) bond motifs is 2. The number of aromatic nitrogens is 2. The standard InChI is InChI=1S/C19H23N3O3/c1-12-7-13-8-17(24-2)14(9-18(13)25-12)10-20-19(23)15-11-21-22-6-4-3-5-16(15)22/h8-9,11-12H,3-7,10H2,1-2H3,(H,20,23)/t12-/m1/s1. The van der Waals surface area contributed by atoms with Crippen molar-refractivity contribution >= 4 is 5.91 Å². The average Bonchev–Trinajstić information content (AvgIpc) is 3.20. The predicted molar refractivity (Wildman–Crippen MR) is 93.1 cm³/mol. The van der Waals surface area contributed by atoms with Crippen molar-refractivity contribution in [3.8, 4) is 11.5 Å². The molecule has 25 heavy (non-hydrogen) atoms. The first-order valence-electron chi connectivity index (χ1n) is 8.85. The summed E-state index contributed by atoms with van der Waals surface area (Å²) in [4.78, 5) is 12.6. The van der Waals surface area contributed by atoms with Crippen LogP contribution in [0.2, 0.25) is 0 Å². The van der Waals surface area contributed by atoms with Crippen LogP contribution in [0.5, 0.6) is 11.5 Å². The van der Waals surface area contributed by atoms with Crippen LogP contribution in [0.15, 0.2) is 18.3 Å². The van der Waals surface area contributed by atoms with Gasteiger partial charge in [-0.05, 0) is 38.3 Å². The van der Waals surface area contributed by atoms with E-state index in [1.165, 1.54) is 0 Å². The lowest BCUT2D eigenvalue weighted by Gasteiger charge is -2.15. The Labute approximate surface area is 147 Å². The third-order valence-electron chi connectivity index (χ3n) is 4.97. The van der Waals surface area contributed by atoms with Gasteiger partial charge >= 0.3 is 0 Å². The van der Waals surface area contributed by atoms with Crippen LogP contribution in [0.1, 0.15) is 46.9 Å². The minimum atomic E-state index is -0.0833. The van der Waals surface area contributed by atoms with Crippen LogP contribution in [-0.2, 0) is 25.9 Å². The van der Waals surface area contributed by atoms with Crippen LogP contribution < -0.4 is 14.8 Å². The molecule has 1 atom stereocenters. The average molecular weight is 341 g/mol. The summed E-state index contributed by atoms with van der Waals surface area (Å²) >= 11 is 0. The van der Waals surface area contributed by atoms with Gasteiger partial charge in [0.05, 0.1) is 24.6 Å². The quantitative estimate of drug-likeness (QED) is 0.928. The molecular weight excluding hydrogens is 318 g/mol. The first-order chi connectivity index (χ1) is 12.2. The van der Waals surface area contributed by atoms with E-state index in [4.69, 9.17) is 9.47 Å². The first kappa shape index (κ1) is 16.0. The van der Waals surface area contributed by atoms with Crippen molar-refractivity contribution in [2.24, 2.45) is 0 Å². The Morgan fingerprint density at radius 1 is 1.44 bits per heavy atom. The van der Waals surface area contributed by atoms with Gasteiger partial charge in [0.15, 0.2) is 0 Å². The highest BCUT2D eigenvalue weighted by atomic mass is 16.5. The number of benzene rings is 1. The van der Waals surface area contributed by atoms with Crippen LogP contribution in [0.4, 0.5) is 0 Å². The molecule has 0 radical (unpaired) electrons. The largest absolute Gasteiger partial charge is 0.496 e. The maximum atomic E-state index is 12.6. The molecule has 2 aliphatic rings. The van der Waals surface area contributed by atoms with Gasteiger partial charge in [-0.15, -0.1) is 0 Å². The maximum absolute atomic E-state index is 12.6. The number of aryl methyl sites for hydroxylation is 1. The second kappa shape index (κ2) is 6.43. The van der Waals surface area contributed by atoms with Crippen molar-refractivity contribution in [2.75, 3.05) is 7.11 Å². The molecular formula is C19H23N3O3. The zero-order valence-corrected chi connectivity index (χ0v) is 14.7. The molecule has 0 fully saturated rings. The lowest BCUT2D eigenvalue weighted by molar-refractivity contribution is 0.0949. The smallest absolute Gasteiger partial charge is 0.255 e. The number of hydrogen-bond donors (Lipinski definition) is 1. The molecule has 132 valence electrons. The van der Waals surface area contributed by atoms with E-state index in [9.17, 15) is 4.79 Å². The predicted octanol–water partition coefficient (Wildman–Crippen LogP) is 2.48. The minimum absolute atomic E-state index is 0.0833. The highest BCUT2D eigenvalue weighted by molar-refractivity contribution is 5.95. The number of carbonyl (C=O) groups is 1. The van der Waals surface area contributed by atoms with Gasteiger partial charge in [-0.2, -0.15) is 5.10 Å². The maximum Gasteiger partial charge on any atom is 0.255 e. The molecule has 6 nitrogen and oxygen atoms in total. The normalized spacial score (nSPS) is 18.2. The zero-order valence-electron chi connectivity index (χ0n) is 14.7. The van der Waals surface area contributed by atoms with Crippen LogP contribution in [0, 0.1) is 0 Å². The second-order valence-corrected chi connectivity index (χ2v) is 6.77. The number of rotatable bonds is 4. The number of methoxy groups -OCH3 is 1. The molecule has 2 aromatic rings. The number of amides is 1. The van der Waals surface area contributed by atoms with Crippen molar-refractivity contribution in [3.05, 3.63) is 40.7 Å². The zero-order chi connectivity index (χ0) is 17.4. The molecule has 1 amide bonds. The highest BCUT2D eigenvalue weighted by Crippen LogP contribution is 2.35. The lowest BCUT2D eigenvalue weighted by Crippen LogP contribution is -2.25. The van der Waals surface area contributed by atoms with Crippen molar-refractivity contribution in [3.63, 3.8) is 0 Å². The Kier molecular flexibility index (Phi) is 4.11. The third-order valence-corrected chi connectivity index (χ3v) is 4.97. The number of hydrogen-bond acceptors (Lipinski definition) is 4. The summed E-state index contributed by atoms with van der Waals surface area (Å²) in [5.41, 5.74) is 3.81. The van der Waals surface area contributed by atoms with E-state index in [1.807, 2.05) is 16.8 Å². The molecule has 1 aromatic heterocycles. The number of ether oxygens (including phenoxy) is 2. The van der Waals surface area contributed by atoms with Gasteiger partial charge in [0, 0.05) is 30.6 Å². The summed E-state index contributed by atoms with van der Waals surface area (Å²) in [6.45, 7) is 3.35. The summed E-state index contributed by atoms with van der Waals surface area (Å²) in [5, 5.41) is 7.33. The minimum Gasteiger partial charge on any atom is -0.496 e. The van der Waals surface area contributed by atoms with Crippen molar-refractivity contribution in [1.82, 2.24) is 15.1 Å². The van der Waals surface area contributed by atoms with E-state index >= 15 is 0 Å². The fraction of sp³-hybridized carbons (Fsp3) is 0.474. The molecule has 2 aliphatic heterocycles. The van der Waals surface area contributed by atoms with Gasteiger partial charge < -0.3 is 14.8 Å². The Morgan fingerprint density at radius 3 is 3.16 bits per heavy atom. The van der Waals surface area contributed by atoms with E-state index in [2.05, 4.69) is 17.3 Å². The van der Waals surface area contributed by atoms with Crippen molar-refractivity contribution in [1.29, 1.82) is 0 Å². The van der Waals surface area contributed by atoms with Gasteiger partial charge in [0.25, 0.3) is 5.91 Å². The monoisotopic (exact) mass is 341 g/mol. The Hall–Kier alpha value is -2.50. The van der Waals surface area contributed by atoms with Crippen LogP contribution in [0.25, 0.3) is 0 Å². The molecule has 0 unspecified atom stereocenters. The molecule has 0 saturated heterocycles. The highest BCUT2D eigenvalue weighted by Gasteiger charge is 2.23. The molecule has 4 rings (SSSR count). The summed E-state index contributed by atoms with van der Waals surface area (Å²) < 4.78 is 13.3. The molecule has 1 N–H and O–H groups in total. The van der Waals surface area contributed by atoms with Gasteiger partial charge in [0.2, 0.25) is 0 Å². The summed E-state index contributed by atoms with van der Waals surface area (Å²) in [6.07, 6.45) is 5.90. The van der Waals surface area contributed by atoms with E-state index in [-0.39, 0.29) is 12.0 Å². The molecule has 0 spiro atoms. The Bertz CT molecular complexity index is 812. The fourth-order valence-electron chi connectivity index (χ4n) is 3.69. The summed E-state index contributed by atoms with van der Waals surface area (Å²) in [5.74, 6) is 1.59. The van der Waals surface area contributed by atoms with Crippen LogP contribution in [0.3, 0.4) is 0 Å². The summed E-state index contributed by atoms with van der Waals surface area (Å²) in [6, 6.07) is 3.99. The van der Waals surface area contributed by atoms with Gasteiger partial charge in [0.1, 0.15) is 17.6 Å². The molecule has 0 bridgehead atoms. The molecule has 1 aromatic carbocycles. The number of nitrogens with one attached hydrogen (secondary N) is 1. The van der Waals surface area contributed by atoms with Crippen LogP contribution >= 0.6 is 0 Å². The fourth-order valence-corrected chi connectivity index (χ4v) is 3.69. The first-order valence-corrected chi connectivity index (χ1v) is 8.85. The second-order valence-electron chi connectivity index (χ2n) is 6.77. The van der Waals surface area contributed by atoms with E-state index < -0.39 is 0 Å². The van der Waals surface area contributed by atoms with Gasteiger partial charge in [-0.25, -0.2) is 0 Å². The van der Waals surface area contributed by atoms with E-state index in [0.29, 0.717) is 12.1 Å². The van der Waals surface area contributed by atoms with E-state index in [0.717, 1.165) is 60.5 Å². The van der Waals surface area contributed by atoms with Crippen molar-refractivity contribution < 1.29 is 14.3 Å². The Balaban J connectivity index is 1.51. The van der Waals surface area contributed by atoms with Crippen LogP contribution in [-0.4, -0.2) is 28.9 Å². The molecule has 0 aliphatic carbocycles. The number of carbonyl (C=O) groups excluding carboxylic acids is 1.